The Bertz CT molecular complexity index is 1030. The van der Waals surface area contributed by atoms with E-state index >= 15 is 0 Å². The number of nitrogens with zero attached hydrogens (tertiary/aromatic N) is 1. The zero-order valence-electron chi connectivity index (χ0n) is 16.9. The molecule has 0 saturated carbocycles. The highest BCUT2D eigenvalue weighted by Gasteiger charge is 2.36. The first-order chi connectivity index (χ1) is 14.7. The monoisotopic (exact) mass is 400 g/mol. The molecule has 30 heavy (non-hydrogen) atoms. The predicted molar refractivity (Wildman–Crippen MR) is 116 cm³/mol. The zero-order valence-corrected chi connectivity index (χ0v) is 16.9. The fourth-order valence-electron chi connectivity index (χ4n) is 3.74. The van der Waals surface area contributed by atoms with Crippen molar-refractivity contribution in [3.63, 3.8) is 0 Å². The van der Waals surface area contributed by atoms with E-state index in [4.69, 9.17) is 4.74 Å². The largest absolute Gasteiger partial charge is 0.494 e. The SMILES string of the molecule is CCOc1ccc(NC(=O)[C@H](Cc2ccccc2)N2Cc3ccccc3C2=O)cc1. The van der Waals surface area contributed by atoms with Gasteiger partial charge in [-0.25, -0.2) is 0 Å². The Morgan fingerprint density at radius 3 is 2.40 bits per heavy atom. The molecule has 5 nitrogen and oxygen atoms in total. The molecule has 0 aliphatic carbocycles. The zero-order chi connectivity index (χ0) is 20.9. The topological polar surface area (TPSA) is 58.6 Å². The number of benzene rings is 3. The summed E-state index contributed by atoms with van der Waals surface area (Å²) in [5.74, 6) is 0.444. The van der Waals surface area contributed by atoms with Crippen LogP contribution in [0.5, 0.6) is 5.75 Å². The number of ether oxygens (including phenoxy) is 1. The minimum absolute atomic E-state index is 0.103. The van der Waals surface area contributed by atoms with Crippen molar-refractivity contribution >= 4 is 17.5 Å². The molecule has 2 amide bonds. The average molecular weight is 400 g/mol. The highest BCUT2D eigenvalue weighted by molar-refractivity contribution is 6.03. The molecule has 3 aromatic carbocycles. The minimum atomic E-state index is -0.612. The van der Waals surface area contributed by atoms with Crippen molar-refractivity contribution in [3.8, 4) is 5.75 Å². The summed E-state index contributed by atoms with van der Waals surface area (Å²) in [5, 5.41) is 2.97. The Morgan fingerprint density at radius 2 is 1.70 bits per heavy atom. The molecule has 1 aliphatic rings. The van der Waals surface area contributed by atoms with Crippen molar-refractivity contribution in [1.29, 1.82) is 0 Å². The van der Waals surface area contributed by atoms with Crippen LogP contribution in [0.1, 0.15) is 28.4 Å². The van der Waals surface area contributed by atoms with Crippen molar-refractivity contribution in [3.05, 3.63) is 95.6 Å². The Hall–Kier alpha value is -3.60. The van der Waals surface area contributed by atoms with Gasteiger partial charge in [-0.1, -0.05) is 48.5 Å². The lowest BCUT2D eigenvalue weighted by Gasteiger charge is -2.27. The number of amides is 2. The highest BCUT2D eigenvalue weighted by Crippen LogP contribution is 2.26. The van der Waals surface area contributed by atoms with E-state index in [2.05, 4.69) is 5.32 Å². The van der Waals surface area contributed by atoms with Gasteiger partial charge in [-0.3, -0.25) is 9.59 Å². The summed E-state index contributed by atoms with van der Waals surface area (Å²) in [6, 6.07) is 24.0. The summed E-state index contributed by atoms with van der Waals surface area (Å²) in [6.45, 7) is 2.95. The standard InChI is InChI=1S/C25H24N2O3/c1-2-30-21-14-12-20(13-15-21)26-24(28)23(16-18-8-4-3-5-9-18)27-17-19-10-6-7-11-22(19)25(27)29/h3-15,23H,2,16-17H2,1H3,(H,26,28)/t23-/m0/s1. The first-order valence-electron chi connectivity index (χ1n) is 10.1. The van der Waals surface area contributed by atoms with Crippen LogP contribution in [-0.2, 0) is 17.8 Å². The Balaban J connectivity index is 1.57. The second-order valence-electron chi connectivity index (χ2n) is 7.24. The summed E-state index contributed by atoms with van der Waals surface area (Å²) in [5.41, 5.74) is 3.30. The van der Waals surface area contributed by atoms with E-state index in [1.807, 2.05) is 85.8 Å². The van der Waals surface area contributed by atoms with Crippen LogP contribution in [-0.4, -0.2) is 29.4 Å². The van der Waals surface area contributed by atoms with Crippen molar-refractivity contribution < 1.29 is 14.3 Å². The molecule has 1 N–H and O–H groups in total. The third kappa shape index (κ3) is 4.20. The van der Waals surface area contributed by atoms with E-state index in [0.717, 1.165) is 16.9 Å². The molecule has 4 rings (SSSR count). The van der Waals surface area contributed by atoms with Gasteiger partial charge < -0.3 is 15.0 Å². The normalized spacial score (nSPS) is 13.6. The van der Waals surface area contributed by atoms with Gasteiger partial charge in [0, 0.05) is 24.2 Å². The van der Waals surface area contributed by atoms with Crippen LogP contribution >= 0.6 is 0 Å². The molecule has 3 aromatic rings. The van der Waals surface area contributed by atoms with Gasteiger partial charge in [0.1, 0.15) is 11.8 Å². The third-order valence-corrected chi connectivity index (χ3v) is 5.23. The fraction of sp³-hybridized carbons (Fsp3) is 0.200. The lowest BCUT2D eigenvalue weighted by molar-refractivity contribution is -0.120. The molecule has 0 spiro atoms. The van der Waals surface area contributed by atoms with Gasteiger partial charge in [0.2, 0.25) is 5.91 Å². The Labute approximate surface area is 176 Å². The molecule has 5 heteroatoms. The van der Waals surface area contributed by atoms with Crippen LogP contribution in [0.2, 0.25) is 0 Å². The van der Waals surface area contributed by atoms with Crippen LogP contribution in [0.25, 0.3) is 0 Å². The van der Waals surface area contributed by atoms with Crippen LogP contribution in [0.3, 0.4) is 0 Å². The molecular formula is C25H24N2O3. The van der Waals surface area contributed by atoms with Gasteiger partial charge in [0.05, 0.1) is 6.61 Å². The summed E-state index contributed by atoms with van der Waals surface area (Å²) in [6.07, 6.45) is 0.448. The van der Waals surface area contributed by atoms with Crippen molar-refractivity contribution in [1.82, 2.24) is 4.90 Å². The van der Waals surface area contributed by atoms with Crippen LogP contribution in [0.4, 0.5) is 5.69 Å². The molecule has 0 aromatic heterocycles. The number of hydrogen-bond acceptors (Lipinski definition) is 3. The average Bonchev–Trinajstić information content (AvgIpc) is 3.11. The summed E-state index contributed by atoms with van der Waals surface area (Å²) in [4.78, 5) is 28.0. The van der Waals surface area contributed by atoms with E-state index in [-0.39, 0.29) is 11.8 Å². The van der Waals surface area contributed by atoms with Crippen LogP contribution in [0.15, 0.2) is 78.9 Å². The second kappa shape index (κ2) is 8.82. The number of carbonyl (C=O) groups is 2. The maximum Gasteiger partial charge on any atom is 0.255 e. The van der Waals surface area contributed by atoms with E-state index in [1.165, 1.54) is 0 Å². The molecular weight excluding hydrogens is 376 g/mol. The first-order valence-corrected chi connectivity index (χ1v) is 10.1. The maximum atomic E-state index is 13.3. The minimum Gasteiger partial charge on any atom is -0.494 e. The van der Waals surface area contributed by atoms with E-state index in [1.54, 1.807) is 4.90 Å². The number of nitrogens with one attached hydrogen (secondary N) is 1. The molecule has 0 unspecified atom stereocenters. The fourth-order valence-corrected chi connectivity index (χ4v) is 3.74. The van der Waals surface area contributed by atoms with E-state index in [0.29, 0.717) is 30.8 Å². The Morgan fingerprint density at radius 1 is 1.00 bits per heavy atom. The third-order valence-electron chi connectivity index (χ3n) is 5.23. The van der Waals surface area contributed by atoms with Crippen LogP contribution in [0, 0.1) is 0 Å². The van der Waals surface area contributed by atoms with Gasteiger partial charge in [-0.15, -0.1) is 0 Å². The molecule has 0 saturated heterocycles. The summed E-state index contributed by atoms with van der Waals surface area (Å²) >= 11 is 0. The second-order valence-corrected chi connectivity index (χ2v) is 7.24. The number of anilines is 1. The number of fused-ring (bicyclic) bond motifs is 1. The lowest BCUT2D eigenvalue weighted by Crippen LogP contribution is -2.45. The van der Waals surface area contributed by atoms with Gasteiger partial charge in [0.15, 0.2) is 0 Å². The number of hydrogen-bond donors (Lipinski definition) is 1. The van der Waals surface area contributed by atoms with Crippen molar-refractivity contribution in [2.75, 3.05) is 11.9 Å². The van der Waals surface area contributed by atoms with Crippen molar-refractivity contribution in [2.45, 2.75) is 25.9 Å². The Kier molecular flexibility index (Phi) is 5.80. The van der Waals surface area contributed by atoms with Gasteiger partial charge >= 0.3 is 0 Å². The molecule has 0 fully saturated rings. The van der Waals surface area contributed by atoms with Crippen LogP contribution < -0.4 is 10.1 Å². The molecule has 1 heterocycles. The molecule has 152 valence electrons. The lowest BCUT2D eigenvalue weighted by atomic mass is 10.0. The predicted octanol–water partition coefficient (Wildman–Crippen LogP) is 4.29. The highest BCUT2D eigenvalue weighted by atomic mass is 16.5. The molecule has 0 bridgehead atoms. The van der Waals surface area contributed by atoms with Crippen molar-refractivity contribution in [2.24, 2.45) is 0 Å². The first kappa shape index (κ1) is 19.7. The molecule has 1 atom stereocenters. The van der Waals surface area contributed by atoms with Gasteiger partial charge in [-0.2, -0.15) is 0 Å². The number of carbonyl (C=O) groups excluding carboxylic acids is 2. The smallest absolute Gasteiger partial charge is 0.255 e. The van der Waals surface area contributed by atoms with E-state index in [9.17, 15) is 9.59 Å². The molecule has 1 aliphatic heterocycles. The number of rotatable bonds is 7. The maximum absolute atomic E-state index is 13.3. The van der Waals surface area contributed by atoms with Gasteiger partial charge in [0.25, 0.3) is 5.91 Å². The molecule has 0 radical (unpaired) electrons. The quantitative estimate of drug-likeness (QED) is 0.644. The van der Waals surface area contributed by atoms with E-state index < -0.39 is 6.04 Å². The van der Waals surface area contributed by atoms with Gasteiger partial charge in [-0.05, 0) is 48.4 Å². The summed E-state index contributed by atoms with van der Waals surface area (Å²) in [7, 11) is 0. The summed E-state index contributed by atoms with van der Waals surface area (Å²) < 4.78 is 5.46.